The molecule has 2 fully saturated rings. The lowest BCUT2D eigenvalue weighted by molar-refractivity contribution is 0.0411. The van der Waals surface area contributed by atoms with Crippen LogP contribution in [-0.2, 0) is 4.74 Å². The molecule has 0 radical (unpaired) electrons. The zero-order valence-electron chi connectivity index (χ0n) is 13.7. The van der Waals surface area contributed by atoms with Gasteiger partial charge in [0.05, 0.1) is 11.6 Å². The molecule has 1 aromatic heterocycles. The fourth-order valence-electron chi connectivity index (χ4n) is 3.72. The highest BCUT2D eigenvalue weighted by molar-refractivity contribution is 5.92. The van der Waals surface area contributed by atoms with Gasteiger partial charge in [0, 0.05) is 19.2 Å². The number of amides is 1. The molecular formula is C18H22N4O2. The van der Waals surface area contributed by atoms with Gasteiger partial charge >= 0.3 is 0 Å². The molecule has 1 aliphatic carbocycles. The number of fused-ring (bicyclic) bond motifs is 1. The van der Waals surface area contributed by atoms with Crippen LogP contribution in [0.15, 0.2) is 24.3 Å². The molecule has 2 heterocycles. The van der Waals surface area contributed by atoms with Gasteiger partial charge in [-0.2, -0.15) is 0 Å². The van der Waals surface area contributed by atoms with E-state index in [-0.39, 0.29) is 23.9 Å². The molecule has 1 saturated heterocycles. The maximum Gasteiger partial charge on any atom is 0.293 e. The molecule has 1 saturated carbocycles. The lowest BCUT2D eigenvalue weighted by Gasteiger charge is -2.30. The summed E-state index contributed by atoms with van der Waals surface area (Å²) >= 11 is 0. The van der Waals surface area contributed by atoms with Gasteiger partial charge in [0.1, 0.15) is 5.52 Å². The van der Waals surface area contributed by atoms with Crippen LogP contribution in [0.25, 0.3) is 11.0 Å². The van der Waals surface area contributed by atoms with E-state index in [0.717, 1.165) is 32.3 Å². The van der Waals surface area contributed by atoms with Crippen molar-refractivity contribution in [2.24, 2.45) is 0 Å². The molecule has 1 aromatic carbocycles. The Morgan fingerprint density at radius 3 is 2.62 bits per heavy atom. The second-order valence-corrected chi connectivity index (χ2v) is 6.65. The van der Waals surface area contributed by atoms with Crippen LogP contribution in [0.3, 0.4) is 0 Å². The second-order valence-electron chi connectivity index (χ2n) is 6.65. The Bertz CT molecular complexity index is 724. The van der Waals surface area contributed by atoms with Crippen molar-refractivity contribution in [1.82, 2.24) is 20.1 Å². The summed E-state index contributed by atoms with van der Waals surface area (Å²) in [5.41, 5.74) is 1.42. The number of carbonyl (C=O) groups excluding carboxylic acids is 1. The van der Waals surface area contributed by atoms with Gasteiger partial charge in [-0.25, -0.2) is 4.98 Å². The molecule has 24 heavy (non-hydrogen) atoms. The number of rotatable bonds is 4. The van der Waals surface area contributed by atoms with Crippen LogP contribution in [0.5, 0.6) is 0 Å². The summed E-state index contributed by atoms with van der Waals surface area (Å²) in [4.78, 5) is 19.4. The molecule has 2 aromatic rings. The average Bonchev–Trinajstić information content (AvgIpc) is 3.32. The Labute approximate surface area is 141 Å². The molecule has 126 valence electrons. The molecule has 0 bridgehead atoms. The maximum absolute atomic E-state index is 13.1. The third kappa shape index (κ3) is 3.11. The van der Waals surface area contributed by atoms with E-state index < -0.39 is 0 Å². The van der Waals surface area contributed by atoms with Crippen LogP contribution < -0.4 is 0 Å². The van der Waals surface area contributed by atoms with E-state index in [1.807, 2.05) is 29.2 Å². The minimum Gasteiger partial charge on any atom is -0.376 e. The quantitative estimate of drug-likeness (QED) is 0.864. The van der Waals surface area contributed by atoms with Crippen LogP contribution in [0, 0.1) is 0 Å². The lowest BCUT2D eigenvalue weighted by atomic mass is 10.1. The molecule has 6 nitrogen and oxygen atoms in total. The van der Waals surface area contributed by atoms with Crippen molar-refractivity contribution in [1.29, 1.82) is 0 Å². The Morgan fingerprint density at radius 1 is 1.08 bits per heavy atom. The smallest absolute Gasteiger partial charge is 0.293 e. The normalized spacial score (nSPS) is 21.4. The topological polar surface area (TPSA) is 68.2 Å². The van der Waals surface area contributed by atoms with Crippen LogP contribution in [-0.4, -0.2) is 51.3 Å². The van der Waals surface area contributed by atoms with Crippen molar-refractivity contribution in [3.63, 3.8) is 0 Å². The van der Waals surface area contributed by atoms with Gasteiger partial charge in [0.15, 0.2) is 0 Å². The van der Waals surface area contributed by atoms with Crippen LogP contribution in [0.4, 0.5) is 0 Å². The van der Waals surface area contributed by atoms with Gasteiger partial charge in [-0.3, -0.25) is 4.79 Å². The van der Waals surface area contributed by atoms with Crippen molar-refractivity contribution < 1.29 is 9.53 Å². The number of hydrogen-bond donors (Lipinski definition) is 0. The third-order valence-electron chi connectivity index (χ3n) is 5.00. The van der Waals surface area contributed by atoms with Gasteiger partial charge in [0.25, 0.3) is 5.91 Å². The average molecular weight is 326 g/mol. The fourth-order valence-corrected chi connectivity index (χ4v) is 3.72. The van der Waals surface area contributed by atoms with Gasteiger partial charge < -0.3 is 9.64 Å². The van der Waals surface area contributed by atoms with E-state index >= 15 is 0 Å². The Hall–Kier alpha value is -2.08. The van der Waals surface area contributed by atoms with E-state index in [1.165, 1.54) is 12.8 Å². The molecule has 2 aliphatic rings. The molecule has 0 spiro atoms. The number of nitrogens with zero attached hydrogens (tertiary/aromatic N) is 4. The Morgan fingerprint density at radius 2 is 1.88 bits per heavy atom. The number of hydrogen-bond acceptors (Lipinski definition) is 5. The summed E-state index contributed by atoms with van der Waals surface area (Å²) in [6.45, 7) is 1.44. The first kappa shape index (κ1) is 15.4. The molecular weight excluding hydrogens is 304 g/mol. The van der Waals surface area contributed by atoms with E-state index in [4.69, 9.17) is 4.74 Å². The monoisotopic (exact) mass is 326 g/mol. The summed E-state index contributed by atoms with van der Waals surface area (Å²) in [6, 6.07) is 7.78. The number of benzene rings is 1. The zero-order chi connectivity index (χ0) is 16.4. The predicted octanol–water partition coefficient (Wildman–Crippen LogP) is 2.59. The summed E-state index contributed by atoms with van der Waals surface area (Å²) in [5.74, 6) is 0.0780. The van der Waals surface area contributed by atoms with E-state index in [0.29, 0.717) is 17.6 Å². The number of para-hydroxylation sites is 1. The predicted molar refractivity (Wildman–Crippen MR) is 89.6 cm³/mol. The first-order valence-electron chi connectivity index (χ1n) is 8.83. The molecule has 1 aliphatic heterocycles. The number of ether oxygens (including phenoxy) is 1. The van der Waals surface area contributed by atoms with Crippen LogP contribution in [0.2, 0.25) is 0 Å². The minimum absolute atomic E-state index is 0.115. The van der Waals surface area contributed by atoms with Crippen molar-refractivity contribution in [2.45, 2.75) is 50.7 Å². The zero-order valence-corrected chi connectivity index (χ0v) is 13.7. The van der Waals surface area contributed by atoms with Crippen molar-refractivity contribution >= 4 is 16.9 Å². The standard InChI is InChI=1S/C18H22N4O2/c23-18(17-19-15-9-3-4-10-16(15)20-21-17)22(13-6-1-2-7-13)12-14-8-5-11-24-14/h3-4,9-10,13-14H,1-2,5-8,11-12H2/t14-/m1/s1. The first-order chi connectivity index (χ1) is 11.8. The van der Waals surface area contributed by atoms with Gasteiger partial charge in [0.2, 0.25) is 5.82 Å². The van der Waals surface area contributed by atoms with Crippen molar-refractivity contribution in [3.8, 4) is 0 Å². The molecule has 1 atom stereocenters. The van der Waals surface area contributed by atoms with E-state index in [1.54, 1.807) is 0 Å². The fraction of sp³-hybridized carbons (Fsp3) is 0.556. The number of carbonyl (C=O) groups is 1. The van der Waals surface area contributed by atoms with Crippen LogP contribution >= 0.6 is 0 Å². The lowest BCUT2D eigenvalue weighted by Crippen LogP contribution is -2.44. The van der Waals surface area contributed by atoms with Gasteiger partial charge in [-0.1, -0.05) is 25.0 Å². The largest absolute Gasteiger partial charge is 0.376 e. The van der Waals surface area contributed by atoms with E-state index in [9.17, 15) is 4.79 Å². The van der Waals surface area contributed by atoms with Crippen LogP contribution in [0.1, 0.15) is 49.1 Å². The Balaban J connectivity index is 1.60. The van der Waals surface area contributed by atoms with Crippen molar-refractivity contribution in [2.75, 3.05) is 13.2 Å². The highest BCUT2D eigenvalue weighted by Crippen LogP contribution is 2.26. The number of aromatic nitrogens is 3. The minimum atomic E-state index is -0.115. The molecule has 4 rings (SSSR count). The highest BCUT2D eigenvalue weighted by atomic mass is 16.5. The van der Waals surface area contributed by atoms with E-state index in [2.05, 4.69) is 15.2 Å². The SMILES string of the molecule is O=C(c1nnc2ccccc2n1)N(C[C@H]1CCCO1)C1CCCC1. The molecule has 0 unspecified atom stereocenters. The van der Waals surface area contributed by atoms with Gasteiger partial charge in [-0.15, -0.1) is 10.2 Å². The maximum atomic E-state index is 13.1. The van der Waals surface area contributed by atoms with Crippen molar-refractivity contribution in [3.05, 3.63) is 30.1 Å². The molecule has 1 amide bonds. The molecule has 0 N–H and O–H groups in total. The summed E-state index contributed by atoms with van der Waals surface area (Å²) in [6.07, 6.45) is 6.70. The highest BCUT2D eigenvalue weighted by Gasteiger charge is 2.32. The Kier molecular flexibility index (Phi) is 4.38. The second kappa shape index (κ2) is 6.81. The summed E-state index contributed by atoms with van der Waals surface area (Å²) in [5, 5.41) is 8.23. The molecule has 6 heteroatoms. The third-order valence-corrected chi connectivity index (χ3v) is 5.00. The van der Waals surface area contributed by atoms with Gasteiger partial charge in [-0.05, 0) is 37.8 Å². The summed E-state index contributed by atoms with van der Waals surface area (Å²) < 4.78 is 5.75. The summed E-state index contributed by atoms with van der Waals surface area (Å²) in [7, 11) is 0. The first-order valence-corrected chi connectivity index (χ1v) is 8.83.